The Bertz CT molecular complexity index is 550. The van der Waals surface area contributed by atoms with E-state index in [9.17, 15) is 0 Å². The highest BCUT2D eigenvalue weighted by molar-refractivity contribution is 5.67. The van der Waals surface area contributed by atoms with Crippen molar-refractivity contribution in [1.82, 2.24) is 9.97 Å². The first kappa shape index (κ1) is 12.2. The van der Waals surface area contributed by atoms with Crippen LogP contribution in [0.5, 0.6) is 11.5 Å². The summed E-state index contributed by atoms with van der Waals surface area (Å²) < 4.78 is 10.5. The standard InChI is InChI=1S/C13H15N3O2/c1-8-6-12(14)16-13(15-8)10-7-9(17-2)4-5-11(10)18-3/h4-7H,1-3H3,(H2,14,15,16). The van der Waals surface area contributed by atoms with E-state index in [0.717, 1.165) is 17.0 Å². The van der Waals surface area contributed by atoms with Crippen LogP contribution in [0.25, 0.3) is 11.4 Å². The van der Waals surface area contributed by atoms with E-state index in [-0.39, 0.29) is 0 Å². The average molecular weight is 245 g/mol. The van der Waals surface area contributed by atoms with Gasteiger partial charge in [0.25, 0.3) is 0 Å². The Morgan fingerprint density at radius 3 is 2.44 bits per heavy atom. The fourth-order valence-corrected chi connectivity index (χ4v) is 1.70. The number of nitrogens with zero attached hydrogens (tertiary/aromatic N) is 2. The van der Waals surface area contributed by atoms with Crippen molar-refractivity contribution in [3.63, 3.8) is 0 Å². The van der Waals surface area contributed by atoms with Gasteiger partial charge in [0.15, 0.2) is 5.82 Å². The van der Waals surface area contributed by atoms with Gasteiger partial charge in [0.1, 0.15) is 17.3 Å². The highest BCUT2D eigenvalue weighted by Crippen LogP contribution is 2.31. The summed E-state index contributed by atoms with van der Waals surface area (Å²) >= 11 is 0. The lowest BCUT2D eigenvalue weighted by atomic mass is 10.1. The fourth-order valence-electron chi connectivity index (χ4n) is 1.70. The van der Waals surface area contributed by atoms with Crippen LogP contribution in [0.15, 0.2) is 24.3 Å². The van der Waals surface area contributed by atoms with Gasteiger partial charge in [-0.25, -0.2) is 9.97 Å². The molecule has 5 nitrogen and oxygen atoms in total. The van der Waals surface area contributed by atoms with E-state index in [2.05, 4.69) is 9.97 Å². The van der Waals surface area contributed by atoms with Gasteiger partial charge in [-0.1, -0.05) is 0 Å². The Labute approximate surface area is 106 Å². The number of nitrogens with two attached hydrogens (primary N) is 1. The summed E-state index contributed by atoms with van der Waals surface area (Å²) in [4.78, 5) is 8.58. The van der Waals surface area contributed by atoms with Crippen LogP contribution in [0.2, 0.25) is 0 Å². The van der Waals surface area contributed by atoms with Gasteiger partial charge < -0.3 is 15.2 Å². The number of hydrogen-bond donors (Lipinski definition) is 1. The molecular formula is C13H15N3O2. The molecule has 0 aliphatic rings. The number of nitrogen functional groups attached to an aromatic ring is 1. The molecule has 0 fully saturated rings. The Balaban J connectivity index is 2.60. The Kier molecular flexibility index (Phi) is 3.32. The van der Waals surface area contributed by atoms with Crippen LogP contribution in [-0.4, -0.2) is 24.2 Å². The third kappa shape index (κ3) is 2.34. The summed E-state index contributed by atoms with van der Waals surface area (Å²) in [6, 6.07) is 7.18. The maximum absolute atomic E-state index is 5.74. The molecule has 0 saturated carbocycles. The zero-order chi connectivity index (χ0) is 13.1. The highest BCUT2D eigenvalue weighted by Gasteiger charge is 2.11. The highest BCUT2D eigenvalue weighted by atomic mass is 16.5. The Hall–Kier alpha value is -2.30. The smallest absolute Gasteiger partial charge is 0.165 e. The molecule has 0 radical (unpaired) electrons. The van der Waals surface area contributed by atoms with Crippen LogP contribution in [0.3, 0.4) is 0 Å². The maximum atomic E-state index is 5.74. The molecule has 1 heterocycles. The van der Waals surface area contributed by atoms with Crippen molar-refractivity contribution in [2.45, 2.75) is 6.92 Å². The van der Waals surface area contributed by atoms with Crippen molar-refractivity contribution in [1.29, 1.82) is 0 Å². The lowest BCUT2D eigenvalue weighted by Crippen LogP contribution is -1.99. The third-order valence-corrected chi connectivity index (χ3v) is 2.52. The van der Waals surface area contributed by atoms with Gasteiger partial charge in [-0.15, -0.1) is 0 Å². The lowest BCUT2D eigenvalue weighted by molar-refractivity contribution is 0.404. The van der Waals surface area contributed by atoms with Crippen molar-refractivity contribution in [2.24, 2.45) is 0 Å². The monoisotopic (exact) mass is 245 g/mol. The van der Waals surface area contributed by atoms with Gasteiger partial charge >= 0.3 is 0 Å². The number of aryl methyl sites for hydroxylation is 1. The Morgan fingerprint density at radius 2 is 1.83 bits per heavy atom. The van der Waals surface area contributed by atoms with Crippen molar-refractivity contribution in [2.75, 3.05) is 20.0 Å². The summed E-state index contributed by atoms with van der Waals surface area (Å²) in [7, 11) is 3.21. The molecule has 0 atom stereocenters. The van der Waals surface area contributed by atoms with Crippen LogP contribution in [0.1, 0.15) is 5.69 Å². The first-order valence-corrected chi connectivity index (χ1v) is 5.47. The zero-order valence-electron chi connectivity index (χ0n) is 10.6. The molecule has 18 heavy (non-hydrogen) atoms. The van der Waals surface area contributed by atoms with Crippen LogP contribution >= 0.6 is 0 Å². The van der Waals surface area contributed by atoms with Crippen molar-refractivity contribution >= 4 is 5.82 Å². The Morgan fingerprint density at radius 1 is 1.06 bits per heavy atom. The van der Waals surface area contributed by atoms with Crippen LogP contribution in [-0.2, 0) is 0 Å². The molecule has 5 heteroatoms. The van der Waals surface area contributed by atoms with Gasteiger partial charge in [0.05, 0.1) is 19.8 Å². The molecule has 1 aromatic heterocycles. The van der Waals surface area contributed by atoms with Gasteiger partial charge in [0.2, 0.25) is 0 Å². The van der Waals surface area contributed by atoms with Gasteiger partial charge in [-0.2, -0.15) is 0 Å². The fraction of sp³-hybridized carbons (Fsp3) is 0.231. The molecule has 2 rings (SSSR count). The molecule has 0 unspecified atom stereocenters. The summed E-state index contributed by atoms with van der Waals surface area (Å²) in [6.07, 6.45) is 0. The van der Waals surface area contributed by atoms with E-state index in [1.165, 1.54) is 0 Å². The van der Waals surface area contributed by atoms with E-state index in [0.29, 0.717) is 17.4 Å². The zero-order valence-corrected chi connectivity index (χ0v) is 10.6. The molecule has 2 N–H and O–H groups in total. The van der Waals surface area contributed by atoms with Crippen LogP contribution in [0.4, 0.5) is 5.82 Å². The largest absolute Gasteiger partial charge is 0.497 e. The van der Waals surface area contributed by atoms with Crippen LogP contribution < -0.4 is 15.2 Å². The van der Waals surface area contributed by atoms with Crippen molar-refractivity contribution < 1.29 is 9.47 Å². The minimum absolute atomic E-state index is 0.433. The predicted octanol–water partition coefficient (Wildman–Crippen LogP) is 2.05. The molecule has 94 valence electrons. The first-order valence-electron chi connectivity index (χ1n) is 5.47. The second-order valence-corrected chi connectivity index (χ2v) is 3.82. The van der Waals surface area contributed by atoms with Crippen molar-refractivity contribution in [3.8, 4) is 22.9 Å². The second-order valence-electron chi connectivity index (χ2n) is 3.82. The van der Waals surface area contributed by atoms with E-state index in [1.807, 2.05) is 25.1 Å². The number of aromatic nitrogens is 2. The number of benzene rings is 1. The molecule has 2 aromatic rings. The van der Waals surface area contributed by atoms with E-state index < -0.39 is 0 Å². The summed E-state index contributed by atoms with van der Waals surface area (Å²) in [6.45, 7) is 1.87. The first-order chi connectivity index (χ1) is 8.63. The van der Waals surface area contributed by atoms with Gasteiger partial charge in [-0.3, -0.25) is 0 Å². The van der Waals surface area contributed by atoms with Crippen molar-refractivity contribution in [3.05, 3.63) is 30.0 Å². The summed E-state index contributed by atoms with van der Waals surface area (Å²) in [5.74, 6) is 2.36. The summed E-state index contributed by atoms with van der Waals surface area (Å²) in [5.41, 5.74) is 7.30. The lowest BCUT2D eigenvalue weighted by Gasteiger charge is -2.10. The maximum Gasteiger partial charge on any atom is 0.165 e. The normalized spacial score (nSPS) is 10.2. The summed E-state index contributed by atoms with van der Waals surface area (Å²) in [5, 5.41) is 0. The minimum Gasteiger partial charge on any atom is -0.497 e. The quantitative estimate of drug-likeness (QED) is 0.896. The molecule has 0 amide bonds. The number of rotatable bonds is 3. The second kappa shape index (κ2) is 4.91. The molecule has 0 aliphatic carbocycles. The molecular weight excluding hydrogens is 230 g/mol. The van der Waals surface area contributed by atoms with Crippen LogP contribution in [0, 0.1) is 6.92 Å². The van der Waals surface area contributed by atoms with Gasteiger partial charge in [0, 0.05) is 11.8 Å². The third-order valence-electron chi connectivity index (χ3n) is 2.52. The minimum atomic E-state index is 0.433. The molecule has 0 aliphatic heterocycles. The number of methoxy groups -OCH3 is 2. The topological polar surface area (TPSA) is 70.3 Å². The predicted molar refractivity (Wildman–Crippen MR) is 69.7 cm³/mol. The number of anilines is 1. The average Bonchev–Trinajstić information content (AvgIpc) is 2.36. The van der Waals surface area contributed by atoms with E-state index in [4.69, 9.17) is 15.2 Å². The molecule has 0 spiro atoms. The number of hydrogen-bond acceptors (Lipinski definition) is 5. The molecule has 1 aromatic carbocycles. The SMILES string of the molecule is COc1ccc(OC)c(-c2nc(C)cc(N)n2)c1. The number of ether oxygens (including phenoxy) is 2. The van der Waals surface area contributed by atoms with E-state index in [1.54, 1.807) is 20.3 Å². The van der Waals surface area contributed by atoms with E-state index >= 15 is 0 Å². The molecule has 0 bridgehead atoms. The van der Waals surface area contributed by atoms with Gasteiger partial charge in [-0.05, 0) is 25.1 Å². The molecule has 0 saturated heterocycles.